The number of nitrogens with zero attached hydrogens (tertiary/aromatic N) is 3. The van der Waals surface area contributed by atoms with Crippen molar-refractivity contribution in [3.63, 3.8) is 0 Å². The van der Waals surface area contributed by atoms with E-state index >= 15 is 0 Å². The lowest BCUT2D eigenvalue weighted by Crippen LogP contribution is -2.11. The standard InChI is InChI=1S/C10H14N6S/c1-7-6-17-10(14-7)2-3-13-8-4-12-5-9(15-8)16-11/h4-6H,2-3,11H2,1H3,(H2,13,15,16). The number of aromatic nitrogens is 3. The van der Waals surface area contributed by atoms with Crippen molar-refractivity contribution in [2.75, 3.05) is 17.3 Å². The molecule has 2 rings (SSSR count). The van der Waals surface area contributed by atoms with Gasteiger partial charge >= 0.3 is 0 Å². The first-order valence-corrected chi connectivity index (χ1v) is 6.09. The summed E-state index contributed by atoms with van der Waals surface area (Å²) in [5, 5.41) is 6.35. The third kappa shape index (κ3) is 3.36. The minimum Gasteiger partial charge on any atom is -0.368 e. The number of nitrogens with two attached hydrogens (primary N) is 1. The third-order valence-electron chi connectivity index (χ3n) is 2.09. The summed E-state index contributed by atoms with van der Waals surface area (Å²) in [5.41, 5.74) is 3.52. The minimum atomic E-state index is 0.542. The highest BCUT2D eigenvalue weighted by atomic mass is 32.1. The maximum atomic E-state index is 5.25. The highest BCUT2D eigenvalue weighted by molar-refractivity contribution is 7.09. The second kappa shape index (κ2) is 5.55. The fourth-order valence-electron chi connectivity index (χ4n) is 1.34. The Balaban J connectivity index is 1.85. The van der Waals surface area contributed by atoms with E-state index in [0.717, 1.165) is 23.7 Å². The van der Waals surface area contributed by atoms with Gasteiger partial charge in [-0.2, -0.15) is 0 Å². The maximum Gasteiger partial charge on any atom is 0.160 e. The molecule has 0 saturated carbocycles. The van der Waals surface area contributed by atoms with Gasteiger partial charge in [-0.3, -0.25) is 4.98 Å². The highest BCUT2D eigenvalue weighted by Gasteiger charge is 2.00. The van der Waals surface area contributed by atoms with Crippen molar-refractivity contribution in [1.82, 2.24) is 15.0 Å². The molecule has 2 aromatic rings. The van der Waals surface area contributed by atoms with Gasteiger partial charge in [0.05, 0.1) is 17.4 Å². The predicted molar refractivity (Wildman–Crippen MR) is 68.9 cm³/mol. The molecule has 0 aromatic carbocycles. The number of nitrogens with one attached hydrogen (secondary N) is 2. The number of rotatable bonds is 5. The Hall–Kier alpha value is -1.73. The first-order valence-electron chi connectivity index (χ1n) is 5.21. The quantitative estimate of drug-likeness (QED) is 0.545. The van der Waals surface area contributed by atoms with E-state index in [-0.39, 0.29) is 0 Å². The van der Waals surface area contributed by atoms with E-state index in [9.17, 15) is 0 Å². The number of nitrogen functional groups attached to an aromatic ring is 1. The van der Waals surface area contributed by atoms with Crippen molar-refractivity contribution in [3.05, 3.63) is 28.5 Å². The van der Waals surface area contributed by atoms with Crippen LogP contribution in [0, 0.1) is 6.92 Å². The molecule has 0 atom stereocenters. The first-order chi connectivity index (χ1) is 8.28. The monoisotopic (exact) mass is 250 g/mol. The minimum absolute atomic E-state index is 0.542. The Labute approximate surface area is 103 Å². The Morgan fingerprint density at radius 2 is 2.12 bits per heavy atom. The fourth-order valence-corrected chi connectivity index (χ4v) is 2.11. The van der Waals surface area contributed by atoms with Gasteiger partial charge < -0.3 is 10.7 Å². The van der Waals surface area contributed by atoms with Gasteiger partial charge in [0.15, 0.2) is 5.82 Å². The summed E-state index contributed by atoms with van der Waals surface area (Å²) in [6, 6.07) is 0. The number of thiazole rings is 1. The van der Waals surface area contributed by atoms with Crippen LogP contribution in [0.15, 0.2) is 17.8 Å². The van der Waals surface area contributed by atoms with Crippen molar-refractivity contribution in [3.8, 4) is 0 Å². The fraction of sp³-hybridized carbons (Fsp3) is 0.300. The van der Waals surface area contributed by atoms with Gasteiger partial charge in [0.1, 0.15) is 5.82 Å². The molecule has 0 unspecified atom stereocenters. The predicted octanol–water partition coefficient (Wildman–Crippen LogP) is 1.18. The zero-order valence-electron chi connectivity index (χ0n) is 9.47. The summed E-state index contributed by atoms with van der Waals surface area (Å²) in [6.45, 7) is 2.77. The second-order valence-electron chi connectivity index (χ2n) is 3.49. The molecular weight excluding hydrogens is 236 g/mol. The molecule has 2 heterocycles. The topological polar surface area (TPSA) is 88.8 Å². The van der Waals surface area contributed by atoms with E-state index in [1.54, 1.807) is 23.7 Å². The summed E-state index contributed by atoms with van der Waals surface area (Å²) in [6.07, 6.45) is 4.10. The van der Waals surface area contributed by atoms with E-state index < -0.39 is 0 Å². The average Bonchev–Trinajstić information content (AvgIpc) is 2.75. The van der Waals surface area contributed by atoms with Gasteiger partial charge in [-0.25, -0.2) is 15.8 Å². The summed E-state index contributed by atoms with van der Waals surface area (Å²) in [4.78, 5) is 12.6. The van der Waals surface area contributed by atoms with Crippen LogP contribution in [0.4, 0.5) is 11.6 Å². The molecule has 0 aliphatic heterocycles. The molecule has 0 spiro atoms. The summed E-state index contributed by atoms with van der Waals surface area (Å²) >= 11 is 1.67. The molecule has 0 saturated heterocycles. The zero-order chi connectivity index (χ0) is 12.1. The van der Waals surface area contributed by atoms with Crippen LogP contribution >= 0.6 is 11.3 Å². The number of hydrogen-bond acceptors (Lipinski definition) is 7. The van der Waals surface area contributed by atoms with Gasteiger partial charge in [0.2, 0.25) is 0 Å². The van der Waals surface area contributed by atoms with Crippen molar-refractivity contribution >= 4 is 23.0 Å². The van der Waals surface area contributed by atoms with Crippen LogP contribution in [0.5, 0.6) is 0 Å². The number of anilines is 2. The van der Waals surface area contributed by atoms with E-state index in [0.29, 0.717) is 11.6 Å². The SMILES string of the molecule is Cc1csc(CCNc2cncc(NN)n2)n1. The van der Waals surface area contributed by atoms with E-state index in [2.05, 4.69) is 25.7 Å². The molecule has 2 aromatic heterocycles. The normalized spacial score (nSPS) is 10.2. The van der Waals surface area contributed by atoms with Crippen LogP contribution in [-0.2, 0) is 6.42 Å². The Morgan fingerprint density at radius 1 is 1.29 bits per heavy atom. The molecule has 0 aliphatic carbocycles. The van der Waals surface area contributed by atoms with Crippen LogP contribution in [-0.4, -0.2) is 21.5 Å². The van der Waals surface area contributed by atoms with Gasteiger partial charge in [0.25, 0.3) is 0 Å². The number of hydrogen-bond donors (Lipinski definition) is 3. The van der Waals surface area contributed by atoms with Crippen molar-refractivity contribution in [1.29, 1.82) is 0 Å². The molecular formula is C10H14N6S. The Morgan fingerprint density at radius 3 is 2.82 bits per heavy atom. The van der Waals surface area contributed by atoms with Crippen LogP contribution in [0.2, 0.25) is 0 Å². The molecule has 0 amide bonds. The molecule has 17 heavy (non-hydrogen) atoms. The third-order valence-corrected chi connectivity index (χ3v) is 3.12. The molecule has 6 nitrogen and oxygen atoms in total. The van der Waals surface area contributed by atoms with Gasteiger partial charge in [-0.1, -0.05) is 0 Å². The van der Waals surface area contributed by atoms with E-state index in [4.69, 9.17) is 5.84 Å². The first kappa shape index (κ1) is 11.7. The lowest BCUT2D eigenvalue weighted by Gasteiger charge is -2.05. The van der Waals surface area contributed by atoms with Crippen molar-refractivity contribution in [2.24, 2.45) is 5.84 Å². The largest absolute Gasteiger partial charge is 0.368 e. The van der Waals surface area contributed by atoms with Crippen LogP contribution in [0.3, 0.4) is 0 Å². The smallest absolute Gasteiger partial charge is 0.160 e. The van der Waals surface area contributed by atoms with Crippen LogP contribution < -0.4 is 16.6 Å². The average molecular weight is 250 g/mol. The van der Waals surface area contributed by atoms with E-state index in [1.165, 1.54) is 0 Å². The number of hydrazine groups is 1. The van der Waals surface area contributed by atoms with E-state index in [1.807, 2.05) is 12.3 Å². The molecule has 90 valence electrons. The second-order valence-corrected chi connectivity index (χ2v) is 4.44. The van der Waals surface area contributed by atoms with Gasteiger partial charge in [0, 0.05) is 24.0 Å². The van der Waals surface area contributed by atoms with Gasteiger partial charge in [-0.05, 0) is 6.92 Å². The highest BCUT2D eigenvalue weighted by Crippen LogP contribution is 2.10. The van der Waals surface area contributed by atoms with Crippen LogP contribution in [0.25, 0.3) is 0 Å². The summed E-state index contributed by atoms with van der Waals surface area (Å²) in [7, 11) is 0. The molecule has 0 fully saturated rings. The summed E-state index contributed by atoms with van der Waals surface area (Å²) in [5.74, 6) is 6.50. The lowest BCUT2D eigenvalue weighted by atomic mass is 10.4. The number of aryl methyl sites for hydroxylation is 1. The van der Waals surface area contributed by atoms with Gasteiger partial charge in [-0.15, -0.1) is 11.3 Å². The molecule has 0 bridgehead atoms. The van der Waals surface area contributed by atoms with Crippen molar-refractivity contribution in [2.45, 2.75) is 13.3 Å². The van der Waals surface area contributed by atoms with Crippen molar-refractivity contribution < 1.29 is 0 Å². The Bertz CT molecular complexity index is 483. The van der Waals surface area contributed by atoms with Crippen LogP contribution in [0.1, 0.15) is 10.7 Å². The molecule has 0 radical (unpaired) electrons. The molecule has 0 aliphatic rings. The molecule has 7 heteroatoms. The molecule has 4 N–H and O–H groups in total. The lowest BCUT2D eigenvalue weighted by molar-refractivity contribution is 0.973. The summed E-state index contributed by atoms with van der Waals surface area (Å²) < 4.78 is 0. The Kier molecular flexibility index (Phi) is 3.84. The maximum absolute atomic E-state index is 5.25. The zero-order valence-corrected chi connectivity index (χ0v) is 10.3.